The fourth-order valence-electron chi connectivity index (χ4n) is 1.91. The lowest BCUT2D eigenvalue weighted by atomic mass is 10.0. The Hall–Kier alpha value is -2.40. The minimum Gasteiger partial charge on any atom is -0.481 e. The van der Waals surface area contributed by atoms with Crippen LogP contribution in [0, 0.1) is 0 Å². The van der Waals surface area contributed by atoms with Crippen molar-refractivity contribution in [1.29, 1.82) is 0 Å². The number of aliphatic carboxylic acids is 1. The molecule has 2 aromatic rings. The van der Waals surface area contributed by atoms with Gasteiger partial charge in [-0.05, 0) is 41.0 Å². The number of carboxylic acids is 1. The summed E-state index contributed by atoms with van der Waals surface area (Å²) in [5, 5.41) is 11.8. The molecule has 0 unspecified atom stereocenters. The molecule has 2 aromatic carbocycles. The third-order valence-electron chi connectivity index (χ3n) is 2.77. The zero-order chi connectivity index (χ0) is 14.5. The Morgan fingerprint density at radius 3 is 2.45 bits per heavy atom. The molecular formula is C15H14N2O2S. The van der Waals surface area contributed by atoms with Gasteiger partial charge in [0.05, 0.1) is 6.42 Å². The van der Waals surface area contributed by atoms with Crippen LogP contribution in [-0.4, -0.2) is 16.2 Å². The first-order valence-corrected chi connectivity index (χ1v) is 6.43. The number of anilines is 1. The summed E-state index contributed by atoms with van der Waals surface area (Å²) < 4.78 is 0. The van der Waals surface area contributed by atoms with Crippen LogP contribution in [0.5, 0.6) is 0 Å². The standard InChI is InChI=1S/C15H14N2O2S/c16-15(20)17-13-3-1-2-12(9-13)11-6-4-10(5-7-11)8-14(18)19/h1-7,9H,8H2,(H,18,19)(H3,16,17,20). The molecule has 0 saturated carbocycles. The van der Waals surface area contributed by atoms with Gasteiger partial charge in [-0.1, -0.05) is 36.4 Å². The van der Waals surface area contributed by atoms with Gasteiger partial charge in [-0.3, -0.25) is 4.79 Å². The molecule has 0 aliphatic heterocycles. The molecule has 0 atom stereocenters. The molecule has 0 bridgehead atoms. The maximum Gasteiger partial charge on any atom is 0.307 e. The zero-order valence-corrected chi connectivity index (χ0v) is 11.5. The normalized spacial score (nSPS) is 10.0. The Balaban J connectivity index is 2.22. The Morgan fingerprint density at radius 2 is 1.85 bits per heavy atom. The molecule has 20 heavy (non-hydrogen) atoms. The van der Waals surface area contributed by atoms with Crippen molar-refractivity contribution < 1.29 is 9.90 Å². The van der Waals surface area contributed by atoms with E-state index in [2.05, 4.69) is 5.32 Å². The molecule has 4 N–H and O–H groups in total. The van der Waals surface area contributed by atoms with E-state index in [0.717, 1.165) is 22.4 Å². The molecule has 4 nitrogen and oxygen atoms in total. The second kappa shape index (κ2) is 6.16. The third kappa shape index (κ3) is 3.80. The monoisotopic (exact) mass is 286 g/mol. The first kappa shape index (κ1) is 14.0. The first-order chi connectivity index (χ1) is 9.54. The maximum atomic E-state index is 10.6. The highest BCUT2D eigenvalue weighted by molar-refractivity contribution is 7.80. The van der Waals surface area contributed by atoms with E-state index in [9.17, 15) is 4.79 Å². The van der Waals surface area contributed by atoms with E-state index in [1.165, 1.54) is 0 Å². The smallest absolute Gasteiger partial charge is 0.307 e. The topological polar surface area (TPSA) is 75.3 Å². The van der Waals surface area contributed by atoms with Crippen LogP contribution in [0.15, 0.2) is 48.5 Å². The van der Waals surface area contributed by atoms with Crippen molar-refractivity contribution in [3.8, 4) is 11.1 Å². The Kier molecular flexibility index (Phi) is 4.32. The van der Waals surface area contributed by atoms with Crippen LogP contribution in [0.25, 0.3) is 11.1 Å². The third-order valence-corrected chi connectivity index (χ3v) is 2.87. The molecule has 0 aromatic heterocycles. The van der Waals surface area contributed by atoms with Crippen molar-refractivity contribution >= 4 is 29.0 Å². The molecule has 0 aliphatic carbocycles. The van der Waals surface area contributed by atoms with Gasteiger partial charge in [0.25, 0.3) is 0 Å². The van der Waals surface area contributed by atoms with E-state index < -0.39 is 5.97 Å². The molecular weight excluding hydrogens is 272 g/mol. The Bertz CT molecular complexity index is 639. The molecule has 102 valence electrons. The van der Waals surface area contributed by atoms with E-state index in [4.69, 9.17) is 23.1 Å². The Morgan fingerprint density at radius 1 is 1.15 bits per heavy atom. The maximum absolute atomic E-state index is 10.6. The minimum atomic E-state index is -0.833. The van der Waals surface area contributed by atoms with Gasteiger partial charge in [0.1, 0.15) is 0 Å². The highest BCUT2D eigenvalue weighted by atomic mass is 32.1. The van der Waals surface area contributed by atoms with Gasteiger partial charge in [0, 0.05) is 5.69 Å². The van der Waals surface area contributed by atoms with Gasteiger partial charge in [-0.25, -0.2) is 0 Å². The molecule has 0 aliphatic rings. The number of carbonyl (C=O) groups is 1. The average Bonchev–Trinajstić information content (AvgIpc) is 2.38. The average molecular weight is 286 g/mol. The van der Waals surface area contributed by atoms with E-state index in [1.54, 1.807) is 0 Å². The second-order valence-corrected chi connectivity index (χ2v) is 4.78. The molecule has 0 saturated heterocycles. The highest BCUT2D eigenvalue weighted by Gasteiger charge is 2.03. The van der Waals surface area contributed by atoms with Crippen LogP contribution in [0.2, 0.25) is 0 Å². The van der Waals surface area contributed by atoms with Crippen molar-refractivity contribution in [2.45, 2.75) is 6.42 Å². The van der Waals surface area contributed by atoms with E-state index in [-0.39, 0.29) is 11.5 Å². The summed E-state index contributed by atoms with van der Waals surface area (Å²) >= 11 is 4.81. The summed E-state index contributed by atoms with van der Waals surface area (Å²) in [5.41, 5.74) is 9.06. The summed E-state index contributed by atoms with van der Waals surface area (Å²) in [4.78, 5) is 10.6. The number of thiocarbonyl (C=S) groups is 1. The number of nitrogens with two attached hydrogens (primary N) is 1. The van der Waals surface area contributed by atoms with Crippen molar-refractivity contribution in [2.75, 3.05) is 5.32 Å². The summed E-state index contributed by atoms with van der Waals surface area (Å²) in [6.07, 6.45) is 0.0311. The van der Waals surface area contributed by atoms with Crippen LogP contribution >= 0.6 is 12.2 Å². The lowest BCUT2D eigenvalue weighted by Gasteiger charge is -2.07. The minimum absolute atomic E-state index is 0.0311. The summed E-state index contributed by atoms with van der Waals surface area (Å²) in [5.74, 6) is -0.833. The first-order valence-electron chi connectivity index (χ1n) is 6.02. The summed E-state index contributed by atoms with van der Waals surface area (Å²) in [6.45, 7) is 0. The fraction of sp³-hybridized carbons (Fsp3) is 0.0667. The highest BCUT2D eigenvalue weighted by Crippen LogP contribution is 2.23. The molecule has 0 amide bonds. The van der Waals surface area contributed by atoms with Gasteiger partial charge in [-0.2, -0.15) is 0 Å². The molecule has 0 heterocycles. The predicted octanol–water partition coefficient (Wildman–Crippen LogP) is 2.64. The SMILES string of the molecule is NC(=S)Nc1cccc(-c2ccc(CC(=O)O)cc2)c1. The number of rotatable bonds is 4. The lowest BCUT2D eigenvalue weighted by molar-refractivity contribution is -0.136. The summed E-state index contributed by atoms with van der Waals surface area (Å²) in [7, 11) is 0. The quantitative estimate of drug-likeness (QED) is 0.753. The number of hydrogen-bond acceptors (Lipinski definition) is 2. The largest absolute Gasteiger partial charge is 0.481 e. The molecule has 0 radical (unpaired) electrons. The van der Waals surface area contributed by atoms with Crippen LogP contribution in [0.1, 0.15) is 5.56 Å². The van der Waals surface area contributed by atoms with Gasteiger partial charge in [0.15, 0.2) is 5.11 Å². The van der Waals surface area contributed by atoms with Gasteiger partial charge in [-0.15, -0.1) is 0 Å². The van der Waals surface area contributed by atoms with Gasteiger partial charge in [0.2, 0.25) is 0 Å². The molecule has 0 fully saturated rings. The lowest BCUT2D eigenvalue weighted by Crippen LogP contribution is -2.18. The van der Waals surface area contributed by atoms with Crippen LogP contribution < -0.4 is 11.1 Å². The number of carboxylic acid groups (broad SMARTS) is 1. The number of nitrogens with one attached hydrogen (secondary N) is 1. The van der Waals surface area contributed by atoms with E-state index >= 15 is 0 Å². The van der Waals surface area contributed by atoms with Crippen molar-refractivity contribution in [3.05, 3.63) is 54.1 Å². The predicted molar refractivity (Wildman–Crippen MR) is 83.6 cm³/mol. The molecule has 5 heteroatoms. The van der Waals surface area contributed by atoms with Gasteiger partial charge >= 0.3 is 5.97 Å². The summed E-state index contributed by atoms with van der Waals surface area (Å²) in [6, 6.07) is 15.1. The van der Waals surface area contributed by atoms with E-state index in [0.29, 0.717) is 0 Å². The van der Waals surface area contributed by atoms with Crippen molar-refractivity contribution in [2.24, 2.45) is 5.73 Å². The van der Waals surface area contributed by atoms with E-state index in [1.807, 2.05) is 48.5 Å². The fourth-order valence-corrected chi connectivity index (χ4v) is 2.03. The van der Waals surface area contributed by atoms with Crippen LogP contribution in [0.4, 0.5) is 5.69 Å². The number of hydrogen-bond donors (Lipinski definition) is 3. The van der Waals surface area contributed by atoms with Crippen LogP contribution in [0.3, 0.4) is 0 Å². The zero-order valence-electron chi connectivity index (χ0n) is 10.7. The van der Waals surface area contributed by atoms with Crippen LogP contribution in [-0.2, 0) is 11.2 Å². The van der Waals surface area contributed by atoms with Crippen molar-refractivity contribution in [3.63, 3.8) is 0 Å². The molecule has 0 spiro atoms. The van der Waals surface area contributed by atoms with Crippen molar-refractivity contribution in [1.82, 2.24) is 0 Å². The molecule has 2 rings (SSSR count). The number of benzene rings is 2. The Labute approximate surface area is 122 Å². The second-order valence-electron chi connectivity index (χ2n) is 4.34. The van der Waals surface area contributed by atoms with Gasteiger partial charge < -0.3 is 16.2 Å².